The van der Waals surface area contributed by atoms with E-state index in [-0.39, 0.29) is 18.5 Å². The van der Waals surface area contributed by atoms with Crippen LogP contribution in [0.15, 0.2) is 0 Å². The molecule has 0 aliphatic carbocycles. The maximum absolute atomic E-state index is 8.84. The van der Waals surface area contributed by atoms with Gasteiger partial charge in [-0.3, -0.25) is 0 Å². The van der Waals surface area contributed by atoms with Gasteiger partial charge in [-0.15, -0.1) is 12.4 Å². The third-order valence-electron chi connectivity index (χ3n) is 1.33. The van der Waals surface area contributed by atoms with Crippen LogP contribution in [0.4, 0.5) is 0 Å². The Morgan fingerprint density at radius 2 is 2.25 bits per heavy atom. The first-order valence-corrected chi connectivity index (χ1v) is 2.70. The van der Waals surface area contributed by atoms with Gasteiger partial charge in [0.2, 0.25) is 0 Å². The highest BCUT2D eigenvalue weighted by molar-refractivity contribution is 5.85. The van der Waals surface area contributed by atoms with Gasteiger partial charge in [0, 0.05) is 12.6 Å². The maximum Gasteiger partial charge on any atom is 0.0679 e. The number of hydrogen-bond donors (Lipinski definition) is 2. The van der Waals surface area contributed by atoms with Gasteiger partial charge in [0.1, 0.15) is 0 Å². The van der Waals surface area contributed by atoms with Gasteiger partial charge in [0.25, 0.3) is 0 Å². The van der Waals surface area contributed by atoms with Gasteiger partial charge in [-0.1, -0.05) is 0 Å². The number of β-amino-alcohol motifs (C(OH)–C–C–N with tert-alkyl or cyclic N) is 1. The van der Waals surface area contributed by atoms with Gasteiger partial charge >= 0.3 is 0 Å². The van der Waals surface area contributed by atoms with Gasteiger partial charge in [-0.25, -0.2) is 0 Å². The Balaban J connectivity index is 0.000000490. The molecule has 2 atom stereocenters. The number of hydrogen-bond acceptors (Lipinski definition) is 2. The van der Waals surface area contributed by atoms with Gasteiger partial charge in [-0.05, 0) is 13.3 Å². The Kier molecular flexibility index (Phi) is 3.36. The molecule has 0 amide bonds. The second-order valence-electron chi connectivity index (χ2n) is 2.20. The second kappa shape index (κ2) is 3.28. The summed E-state index contributed by atoms with van der Waals surface area (Å²) in [6.45, 7) is 2.86. The predicted molar refractivity (Wildman–Crippen MR) is 35.3 cm³/mol. The van der Waals surface area contributed by atoms with E-state index < -0.39 is 0 Å². The highest BCUT2D eigenvalue weighted by atomic mass is 35.5. The van der Waals surface area contributed by atoms with Crippen molar-refractivity contribution >= 4 is 12.4 Å². The highest BCUT2D eigenvalue weighted by Gasteiger charge is 2.16. The molecule has 1 fully saturated rings. The summed E-state index contributed by atoms with van der Waals surface area (Å²) in [5.74, 6) is 0. The summed E-state index contributed by atoms with van der Waals surface area (Å²) in [4.78, 5) is 0. The van der Waals surface area contributed by atoms with E-state index in [4.69, 9.17) is 5.11 Å². The van der Waals surface area contributed by atoms with Crippen molar-refractivity contribution in [2.24, 2.45) is 0 Å². The minimum Gasteiger partial charge on any atom is -0.392 e. The monoisotopic (exact) mass is 137 g/mol. The number of nitrogens with one attached hydrogen (secondary N) is 1. The lowest BCUT2D eigenvalue weighted by atomic mass is 10.2. The van der Waals surface area contributed by atoms with E-state index in [1.165, 1.54) is 0 Å². The van der Waals surface area contributed by atoms with Crippen molar-refractivity contribution in [3.8, 4) is 0 Å². The van der Waals surface area contributed by atoms with E-state index in [0.717, 1.165) is 13.0 Å². The molecule has 3 heteroatoms. The summed E-state index contributed by atoms with van der Waals surface area (Å²) in [6.07, 6.45) is 0.829. The molecule has 0 unspecified atom stereocenters. The molecule has 0 saturated carbocycles. The molecule has 8 heavy (non-hydrogen) atoms. The van der Waals surface area contributed by atoms with Gasteiger partial charge < -0.3 is 10.4 Å². The molecule has 0 aromatic carbocycles. The van der Waals surface area contributed by atoms with Crippen LogP contribution in [0.2, 0.25) is 0 Å². The zero-order valence-corrected chi connectivity index (χ0v) is 5.74. The third-order valence-corrected chi connectivity index (χ3v) is 1.33. The molecule has 1 heterocycles. The van der Waals surface area contributed by atoms with Gasteiger partial charge in [0.15, 0.2) is 0 Å². The standard InChI is InChI=1S/C5H11NO.ClH/c1-4-2-5(7)3-6-4;/h4-7H,2-3H2,1H3;1H/t4-,5+;/m0./s1. The van der Waals surface area contributed by atoms with Crippen molar-refractivity contribution in [2.75, 3.05) is 6.54 Å². The molecule has 0 aromatic rings. The number of halogens is 1. The van der Waals surface area contributed by atoms with Crippen LogP contribution < -0.4 is 5.32 Å². The van der Waals surface area contributed by atoms with Crippen LogP contribution >= 0.6 is 12.4 Å². The molecule has 0 spiro atoms. The number of aliphatic hydroxyl groups excluding tert-OH is 1. The van der Waals surface area contributed by atoms with E-state index >= 15 is 0 Å². The fourth-order valence-electron chi connectivity index (χ4n) is 0.912. The Hall–Kier alpha value is 0.210. The van der Waals surface area contributed by atoms with E-state index in [9.17, 15) is 0 Å². The smallest absolute Gasteiger partial charge is 0.0679 e. The summed E-state index contributed by atoms with van der Waals surface area (Å²) in [6, 6.07) is 0.523. The van der Waals surface area contributed by atoms with Crippen molar-refractivity contribution in [3.05, 3.63) is 0 Å². The first kappa shape index (κ1) is 8.21. The molecule has 1 aliphatic rings. The van der Waals surface area contributed by atoms with Gasteiger partial charge in [0.05, 0.1) is 6.10 Å². The molecular formula is C5H12ClNO. The van der Waals surface area contributed by atoms with Crippen molar-refractivity contribution in [1.29, 1.82) is 0 Å². The summed E-state index contributed by atoms with van der Waals surface area (Å²) < 4.78 is 0. The van der Waals surface area contributed by atoms with E-state index in [0.29, 0.717) is 6.04 Å². The van der Waals surface area contributed by atoms with Crippen LogP contribution in [-0.2, 0) is 0 Å². The third kappa shape index (κ3) is 1.99. The Bertz CT molecular complexity index is 61.4. The Morgan fingerprint density at radius 1 is 1.62 bits per heavy atom. The van der Waals surface area contributed by atoms with Crippen LogP contribution in [0.25, 0.3) is 0 Å². The quantitative estimate of drug-likeness (QED) is 0.498. The summed E-state index contributed by atoms with van der Waals surface area (Å²) in [5, 5.41) is 12.0. The second-order valence-corrected chi connectivity index (χ2v) is 2.20. The summed E-state index contributed by atoms with van der Waals surface area (Å²) >= 11 is 0. The molecule has 50 valence electrons. The van der Waals surface area contributed by atoms with Crippen molar-refractivity contribution in [2.45, 2.75) is 25.5 Å². The molecule has 1 aliphatic heterocycles. The zero-order chi connectivity index (χ0) is 5.28. The molecule has 1 rings (SSSR count). The van der Waals surface area contributed by atoms with Crippen LogP contribution in [-0.4, -0.2) is 23.8 Å². The lowest BCUT2D eigenvalue weighted by molar-refractivity contribution is 0.194. The zero-order valence-electron chi connectivity index (χ0n) is 4.92. The van der Waals surface area contributed by atoms with Crippen LogP contribution in [0.5, 0.6) is 0 Å². The minimum atomic E-state index is -0.0880. The molecular weight excluding hydrogens is 126 g/mol. The first-order chi connectivity index (χ1) is 3.29. The number of rotatable bonds is 0. The fraction of sp³-hybridized carbons (Fsp3) is 1.00. The molecule has 0 aromatic heterocycles. The molecule has 0 radical (unpaired) electrons. The van der Waals surface area contributed by atoms with Crippen LogP contribution in [0, 0.1) is 0 Å². The lowest BCUT2D eigenvalue weighted by Gasteiger charge is -1.95. The predicted octanol–water partition coefficient (Wildman–Crippen LogP) is 0.151. The van der Waals surface area contributed by atoms with E-state index in [1.807, 2.05) is 0 Å². The van der Waals surface area contributed by atoms with Crippen LogP contribution in [0.1, 0.15) is 13.3 Å². The van der Waals surface area contributed by atoms with E-state index in [2.05, 4.69) is 12.2 Å². The largest absolute Gasteiger partial charge is 0.392 e. The fourth-order valence-corrected chi connectivity index (χ4v) is 0.912. The Labute approximate surface area is 55.7 Å². The Morgan fingerprint density at radius 3 is 2.38 bits per heavy atom. The summed E-state index contributed by atoms with van der Waals surface area (Å²) in [5.41, 5.74) is 0. The summed E-state index contributed by atoms with van der Waals surface area (Å²) in [7, 11) is 0. The average Bonchev–Trinajstić information content (AvgIpc) is 1.87. The maximum atomic E-state index is 8.84. The number of aliphatic hydroxyl groups is 1. The average molecular weight is 138 g/mol. The van der Waals surface area contributed by atoms with Crippen LogP contribution in [0.3, 0.4) is 0 Å². The highest BCUT2D eigenvalue weighted by Crippen LogP contribution is 2.03. The molecule has 0 bridgehead atoms. The molecule has 2 N–H and O–H groups in total. The van der Waals surface area contributed by atoms with Gasteiger partial charge in [-0.2, -0.15) is 0 Å². The van der Waals surface area contributed by atoms with E-state index in [1.54, 1.807) is 0 Å². The van der Waals surface area contributed by atoms with Crippen molar-refractivity contribution in [3.63, 3.8) is 0 Å². The van der Waals surface area contributed by atoms with Crippen molar-refractivity contribution in [1.82, 2.24) is 5.32 Å². The first-order valence-electron chi connectivity index (χ1n) is 2.70. The lowest BCUT2D eigenvalue weighted by Crippen LogP contribution is -2.17. The molecule has 2 nitrogen and oxygen atoms in total. The molecule has 1 saturated heterocycles. The normalized spacial score (nSPS) is 36.8. The van der Waals surface area contributed by atoms with Crippen molar-refractivity contribution < 1.29 is 5.11 Å². The minimum absolute atomic E-state index is 0. The SMILES string of the molecule is C[C@H]1C[C@@H](O)CN1.Cl. The topological polar surface area (TPSA) is 32.3 Å².